The molecule has 2 aromatic rings. The zero-order chi connectivity index (χ0) is 20.7. The summed E-state index contributed by atoms with van der Waals surface area (Å²) in [5.74, 6) is 0.471. The van der Waals surface area contributed by atoms with Gasteiger partial charge in [-0.25, -0.2) is 8.42 Å². The lowest BCUT2D eigenvalue weighted by molar-refractivity contribution is -0.121. The molecule has 0 atom stereocenters. The second-order valence-electron chi connectivity index (χ2n) is 6.75. The topological polar surface area (TPSA) is 84.9 Å². The van der Waals surface area contributed by atoms with E-state index in [0.717, 1.165) is 5.56 Å². The highest BCUT2D eigenvalue weighted by Gasteiger charge is 2.27. The summed E-state index contributed by atoms with van der Waals surface area (Å²) in [6.07, 6.45) is 0.626. The Morgan fingerprint density at radius 3 is 2.55 bits per heavy atom. The molecule has 0 bridgehead atoms. The van der Waals surface area contributed by atoms with Crippen molar-refractivity contribution in [2.24, 2.45) is 0 Å². The Bertz CT molecular complexity index is 925. The second kappa shape index (κ2) is 9.87. The minimum Gasteiger partial charge on any atom is -0.496 e. The van der Waals surface area contributed by atoms with Gasteiger partial charge in [-0.05, 0) is 35.7 Å². The van der Waals surface area contributed by atoms with Crippen LogP contribution in [0.1, 0.15) is 17.5 Å². The van der Waals surface area contributed by atoms with E-state index in [2.05, 4.69) is 5.32 Å². The first kappa shape index (κ1) is 21.3. The van der Waals surface area contributed by atoms with Crippen LogP contribution in [0.4, 0.5) is 0 Å². The van der Waals surface area contributed by atoms with Gasteiger partial charge in [-0.3, -0.25) is 4.79 Å². The van der Waals surface area contributed by atoms with Gasteiger partial charge in [-0.15, -0.1) is 0 Å². The number of benzene rings is 2. The number of ether oxygens (including phenoxy) is 2. The van der Waals surface area contributed by atoms with Gasteiger partial charge in [0.05, 0.1) is 25.2 Å². The van der Waals surface area contributed by atoms with Gasteiger partial charge in [-0.2, -0.15) is 4.31 Å². The van der Waals surface area contributed by atoms with E-state index >= 15 is 0 Å². The van der Waals surface area contributed by atoms with Crippen LogP contribution < -0.4 is 10.1 Å². The number of nitrogens with one attached hydrogen (secondary N) is 1. The minimum absolute atomic E-state index is 0.0997. The number of hydrogen-bond acceptors (Lipinski definition) is 5. The average molecular weight is 419 g/mol. The normalized spacial score (nSPS) is 15.1. The van der Waals surface area contributed by atoms with E-state index in [1.54, 1.807) is 18.2 Å². The molecule has 156 valence electrons. The van der Waals surface area contributed by atoms with E-state index in [-0.39, 0.29) is 17.2 Å². The molecule has 0 saturated carbocycles. The van der Waals surface area contributed by atoms with Gasteiger partial charge < -0.3 is 14.8 Å². The van der Waals surface area contributed by atoms with Crippen LogP contribution in [0.15, 0.2) is 53.4 Å². The number of hydrogen-bond donors (Lipinski definition) is 1. The fourth-order valence-corrected chi connectivity index (χ4v) is 4.64. The van der Waals surface area contributed by atoms with Gasteiger partial charge in [0, 0.05) is 26.1 Å². The monoisotopic (exact) mass is 418 g/mol. The summed E-state index contributed by atoms with van der Waals surface area (Å²) in [6, 6.07) is 14.5. The van der Waals surface area contributed by atoms with Crippen LogP contribution >= 0.6 is 0 Å². The second-order valence-corrected chi connectivity index (χ2v) is 8.69. The lowest BCUT2D eigenvalue weighted by atomic mass is 10.1. The summed E-state index contributed by atoms with van der Waals surface area (Å²) >= 11 is 0. The third-order valence-corrected chi connectivity index (χ3v) is 6.71. The van der Waals surface area contributed by atoms with Crippen molar-refractivity contribution in [3.63, 3.8) is 0 Å². The molecule has 1 N–H and O–H groups in total. The van der Waals surface area contributed by atoms with Crippen molar-refractivity contribution in [2.75, 3.05) is 33.4 Å². The van der Waals surface area contributed by atoms with Crippen LogP contribution in [-0.4, -0.2) is 52.0 Å². The zero-order valence-corrected chi connectivity index (χ0v) is 17.3. The van der Waals surface area contributed by atoms with Gasteiger partial charge in [0.25, 0.3) is 0 Å². The Labute approximate surface area is 171 Å². The van der Waals surface area contributed by atoms with Crippen molar-refractivity contribution in [3.8, 4) is 5.75 Å². The Hall–Kier alpha value is -2.42. The number of rotatable bonds is 8. The molecule has 1 heterocycles. The van der Waals surface area contributed by atoms with Gasteiger partial charge in [0.2, 0.25) is 15.9 Å². The SMILES string of the molecule is COc1ccc(S(=O)(=O)N2CCOCC2)cc1CCC(=O)NCc1ccccc1. The number of aryl methyl sites for hydroxylation is 1. The molecular weight excluding hydrogens is 392 g/mol. The van der Waals surface area contributed by atoms with Crippen LogP contribution in [0.5, 0.6) is 5.75 Å². The van der Waals surface area contributed by atoms with Crippen LogP contribution in [-0.2, 0) is 32.5 Å². The zero-order valence-electron chi connectivity index (χ0n) is 16.5. The highest BCUT2D eigenvalue weighted by molar-refractivity contribution is 7.89. The molecule has 0 aromatic heterocycles. The van der Waals surface area contributed by atoms with Crippen LogP contribution in [0.25, 0.3) is 0 Å². The predicted molar refractivity (Wildman–Crippen MR) is 109 cm³/mol. The molecule has 2 aromatic carbocycles. The Kier molecular flexibility index (Phi) is 7.24. The summed E-state index contributed by atoms with van der Waals surface area (Å²) in [4.78, 5) is 12.4. The lowest BCUT2D eigenvalue weighted by Gasteiger charge is -2.26. The highest BCUT2D eigenvalue weighted by atomic mass is 32.2. The number of carbonyl (C=O) groups is 1. The molecule has 0 spiro atoms. The molecular formula is C21H26N2O5S. The fourth-order valence-electron chi connectivity index (χ4n) is 3.18. The highest BCUT2D eigenvalue weighted by Crippen LogP contribution is 2.26. The molecule has 0 unspecified atom stereocenters. The van der Waals surface area contributed by atoms with Crippen LogP contribution in [0, 0.1) is 0 Å². The number of amides is 1. The average Bonchev–Trinajstić information content (AvgIpc) is 2.77. The Balaban J connectivity index is 1.66. The summed E-state index contributed by atoms with van der Waals surface area (Å²) < 4.78 is 37.8. The molecule has 1 aliphatic rings. The molecule has 0 aliphatic carbocycles. The Morgan fingerprint density at radius 2 is 1.86 bits per heavy atom. The third-order valence-electron chi connectivity index (χ3n) is 4.81. The fraction of sp³-hybridized carbons (Fsp3) is 0.381. The first-order valence-electron chi connectivity index (χ1n) is 9.56. The molecule has 3 rings (SSSR count). The quantitative estimate of drug-likeness (QED) is 0.709. The summed E-state index contributed by atoms with van der Waals surface area (Å²) in [6.45, 7) is 1.92. The maximum atomic E-state index is 12.9. The van der Waals surface area contributed by atoms with Gasteiger partial charge >= 0.3 is 0 Å². The van der Waals surface area contributed by atoms with Crippen molar-refractivity contribution in [1.82, 2.24) is 9.62 Å². The van der Waals surface area contributed by atoms with Crippen LogP contribution in [0.2, 0.25) is 0 Å². The lowest BCUT2D eigenvalue weighted by Crippen LogP contribution is -2.40. The number of methoxy groups -OCH3 is 1. The molecule has 29 heavy (non-hydrogen) atoms. The molecule has 1 amide bonds. The maximum absolute atomic E-state index is 12.9. The van der Waals surface area contributed by atoms with Gasteiger partial charge in [-0.1, -0.05) is 30.3 Å². The molecule has 0 radical (unpaired) electrons. The van der Waals surface area contributed by atoms with E-state index in [9.17, 15) is 13.2 Å². The standard InChI is InChI=1S/C21H26N2O5S/c1-27-20-9-8-19(29(25,26)23-11-13-28-14-12-23)15-18(20)7-10-21(24)22-16-17-5-3-2-4-6-17/h2-6,8-9,15H,7,10-14,16H2,1H3,(H,22,24). The number of nitrogens with zero attached hydrogens (tertiary/aromatic N) is 1. The molecule has 1 aliphatic heterocycles. The largest absolute Gasteiger partial charge is 0.496 e. The number of carbonyl (C=O) groups excluding carboxylic acids is 1. The first-order valence-corrected chi connectivity index (χ1v) is 11.0. The number of sulfonamides is 1. The molecule has 7 nitrogen and oxygen atoms in total. The third kappa shape index (κ3) is 5.56. The summed E-state index contributed by atoms with van der Waals surface area (Å²) in [7, 11) is -2.06. The maximum Gasteiger partial charge on any atom is 0.243 e. The van der Waals surface area contributed by atoms with E-state index in [1.807, 2.05) is 30.3 Å². The summed E-state index contributed by atoms with van der Waals surface area (Å²) in [5.41, 5.74) is 1.72. The molecule has 1 fully saturated rings. The van der Waals surface area contributed by atoms with Crippen molar-refractivity contribution in [2.45, 2.75) is 24.3 Å². The van der Waals surface area contributed by atoms with Crippen molar-refractivity contribution >= 4 is 15.9 Å². The minimum atomic E-state index is -3.60. The van der Waals surface area contributed by atoms with E-state index in [4.69, 9.17) is 9.47 Å². The summed E-state index contributed by atoms with van der Waals surface area (Å²) in [5, 5.41) is 2.88. The molecule has 8 heteroatoms. The van der Waals surface area contributed by atoms with E-state index in [0.29, 0.717) is 50.6 Å². The van der Waals surface area contributed by atoms with Gasteiger partial charge in [0.15, 0.2) is 0 Å². The number of morpholine rings is 1. The van der Waals surface area contributed by atoms with E-state index < -0.39 is 10.0 Å². The molecule has 1 saturated heterocycles. The predicted octanol–water partition coefficient (Wildman–Crippen LogP) is 1.97. The van der Waals surface area contributed by atoms with Crippen molar-refractivity contribution < 1.29 is 22.7 Å². The first-order chi connectivity index (χ1) is 14.0. The van der Waals surface area contributed by atoms with Gasteiger partial charge in [0.1, 0.15) is 5.75 Å². The van der Waals surface area contributed by atoms with Crippen molar-refractivity contribution in [1.29, 1.82) is 0 Å². The smallest absolute Gasteiger partial charge is 0.243 e. The van der Waals surface area contributed by atoms with E-state index in [1.165, 1.54) is 11.4 Å². The Morgan fingerprint density at radius 1 is 1.14 bits per heavy atom. The van der Waals surface area contributed by atoms with Crippen LogP contribution in [0.3, 0.4) is 0 Å². The van der Waals surface area contributed by atoms with Crippen molar-refractivity contribution in [3.05, 3.63) is 59.7 Å².